The maximum Gasteiger partial charge on any atom is 0.281 e. The number of hydrogen-bond acceptors (Lipinski definition) is 4. The quantitative estimate of drug-likeness (QED) is 0.590. The van der Waals surface area contributed by atoms with Crippen molar-refractivity contribution >= 4 is 40.5 Å². The second-order valence-electron chi connectivity index (χ2n) is 5.10. The third-order valence-corrected chi connectivity index (χ3v) is 3.90. The normalized spacial score (nSPS) is 14.1. The molecule has 1 heterocycles. The van der Waals surface area contributed by atoms with Crippen LogP contribution in [0.3, 0.4) is 0 Å². The van der Waals surface area contributed by atoms with Crippen LogP contribution < -0.4 is 15.9 Å². The number of hydrogen-bond donors (Lipinski definition) is 2. The highest BCUT2D eigenvalue weighted by Crippen LogP contribution is 2.30. The predicted octanol–water partition coefficient (Wildman–Crippen LogP) is 3.37. The number of hydrazone groups is 1. The summed E-state index contributed by atoms with van der Waals surface area (Å²) in [6, 6.07) is 5.23. The lowest BCUT2D eigenvalue weighted by Crippen LogP contribution is -2.41. The van der Waals surface area contributed by atoms with E-state index in [9.17, 15) is 4.79 Å². The SMILES string of the molecule is CCCCCNNC(=O)C1=NN(c2ccc(Cl)cc2Cl)CC1. The van der Waals surface area contributed by atoms with Gasteiger partial charge >= 0.3 is 0 Å². The van der Waals surface area contributed by atoms with E-state index in [1.54, 1.807) is 23.2 Å². The third kappa shape index (κ3) is 4.60. The van der Waals surface area contributed by atoms with Gasteiger partial charge in [-0.2, -0.15) is 5.10 Å². The minimum atomic E-state index is -0.191. The summed E-state index contributed by atoms with van der Waals surface area (Å²) in [5.41, 5.74) is 6.86. The zero-order valence-electron chi connectivity index (χ0n) is 12.5. The molecule has 2 rings (SSSR count). The van der Waals surface area contributed by atoms with Crippen molar-refractivity contribution in [3.8, 4) is 0 Å². The fourth-order valence-electron chi connectivity index (χ4n) is 2.16. The minimum Gasteiger partial charge on any atom is -0.286 e. The molecule has 0 saturated heterocycles. The summed E-state index contributed by atoms with van der Waals surface area (Å²) in [6.45, 7) is 3.53. The molecule has 7 heteroatoms. The number of halogens is 2. The molecule has 0 aliphatic carbocycles. The average Bonchev–Trinajstić information content (AvgIpc) is 2.96. The fourth-order valence-corrected chi connectivity index (χ4v) is 2.67. The number of nitrogens with one attached hydrogen (secondary N) is 2. The van der Waals surface area contributed by atoms with Crippen LogP contribution in [0.15, 0.2) is 23.3 Å². The first-order chi connectivity index (χ1) is 10.6. The van der Waals surface area contributed by atoms with Crippen molar-refractivity contribution in [2.75, 3.05) is 18.1 Å². The van der Waals surface area contributed by atoms with E-state index < -0.39 is 0 Å². The highest BCUT2D eigenvalue weighted by atomic mass is 35.5. The molecule has 1 aromatic rings. The van der Waals surface area contributed by atoms with Gasteiger partial charge in [-0.3, -0.25) is 15.2 Å². The molecule has 1 aliphatic rings. The molecule has 120 valence electrons. The maximum absolute atomic E-state index is 12.0. The Balaban J connectivity index is 1.89. The van der Waals surface area contributed by atoms with Gasteiger partial charge in [0.05, 0.1) is 10.7 Å². The number of nitrogens with zero attached hydrogens (tertiary/aromatic N) is 2. The van der Waals surface area contributed by atoms with Crippen LogP contribution in [-0.4, -0.2) is 24.7 Å². The highest BCUT2D eigenvalue weighted by molar-refractivity contribution is 6.40. The van der Waals surface area contributed by atoms with Gasteiger partial charge in [-0.05, 0) is 24.6 Å². The molecule has 1 aliphatic heterocycles. The van der Waals surface area contributed by atoms with E-state index in [2.05, 4.69) is 22.9 Å². The summed E-state index contributed by atoms with van der Waals surface area (Å²) in [5, 5.41) is 7.16. The number of benzene rings is 1. The van der Waals surface area contributed by atoms with Gasteiger partial charge in [0.2, 0.25) is 0 Å². The van der Waals surface area contributed by atoms with Crippen molar-refractivity contribution in [3.63, 3.8) is 0 Å². The van der Waals surface area contributed by atoms with Gasteiger partial charge in [0.15, 0.2) is 0 Å². The van der Waals surface area contributed by atoms with Gasteiger partial charge in [0.25, 0.3) is 5.91 Å². The lowest BCUT2D eigenvalue weighted by molar-refractivity contribution is -0.115. The van der Waals surface area contributed by atoms with Gasteiger partial charge in [-0.25, -0.2) is 5.43 Å². The Morgan fingerprint density at radius 3 is 2.91 bits per heavy atom. The van der Waals surface area contributed by atoms with Crippen LogP contribution in [0.25, 0.3) is 0 Å². The van der Waals surface area contributed by atoms with E-state index in [1.807, 2.05) is 0 Å². The lowest BCUT2D eigenvalue weighted by Gasteiger charge is -2.15. The molecule has 1 aromatic carbocycles. The van der Waals surface area contributed by atoms with Crippen LogP contribution in [0.4, 0.5) is 5.69 Å². The van der Waals surface area contributed by atoms with Crippen LogP contribution in [-0.2, 0) is 4.79 Å². The monoisotopic (exact) mass is 342 g/mol. The second-order valence-corrected chi connectivity index (χ2v) is 5.95. The van der Waals surface area contributed by atoms with Gasteiger partial charge in [0.1, 0.15) is 5.71 Å². The van der Waals surface area contributed by atoms with Crippen molar-refractivity contribution in [2.45, 2.75) is 32.6 Å². The van der Waals surface area contributed by atoms with Crippen LogP contribution in [0.2, 0.25) is 10.0 Å². The number of unbranched alkanes of at least 4 members (excludes halogenated alkanes) is 2. The number of anilines is 1. The molecule has 0 fully saturated rings. The molecule has 1 amide bonds. The number of carbonyl (C=O) groups is 1. The fraction of sp³-hybridized carbons (Fsp3) is 0.467. The summed E-state index contributed by atoms with van der Waals surface area (Å²) in [5.74, 6) is -0.191. The Hall–Kier alpha value is -1.30. The van der Waals surface area contributed by atoms with E-state index in [4.69, 9.17) is 23.2 Å². The third-order valence-electron chi connectivity index (χ3n) is 3.36. The van der Waals surface area contributed by atoms with Crippen LogP contribution in [0.5, 0.6) is 0 Å². The topological polar surface area (TPSA) is 56.7 Å². The van der Waals surface area contributed by atoms with Crippen molar-refractivity contribution in [2.24, 2.45) is 5.10 Å². The van der Waals surface area contributed by atoms with Crippen LogP contribution >= 0.6 is 23.2 Å². The summed E-state index contributed by atoms with van der Waals surface area (Å²) in [4.78, 5) is 12.0. The zero-order valence-corrected chi connectivity index (χ0v) is 14.0. The first kappa shape index (κ1) is 17.1. The largest absolute Gasteiger partial charge is 0.286 e. The molecule has 5 nitrogen and oxygen atoms in total. The second kappa shape index (κ2) is 8.36. The molecule has 0 spiro atoms. The highest BCUT2D eigenvalue weighted by Gasteiger charge is 2.22. The first-order valence-corrected chi connectivity index (χ1v) is 8.20. The van der Waals surface area contributed by atoms with Crippen molar-refractivity contribution in [1.82, 2.24) is 10.9 Å². The number of amides is 1. The lowest BCUT2D eigenvalue weighted by atomic mass is 10.2. The van der Waals surface area contributed by atoms with Gasteiger partial charge in [0, 0.05) is 24.5 Å². The van der Waals surface area contributed by atoms with Crippen LogP contribution in [0.1, 0.15) is 32.6 Å². The molecule has 0 aromatic heterocycles. The molecule has 0 radical (unpaired) electrons. The predicted molar refractivity (Wildman–Crippen MR) is 91.5 cm³/mol. The number of rotatable bonds is 7. The Kier molecular flexibility index (Phi) is 6.49. The van der Waals surface area contributed by atoms with Crippen molar-refractivity contribution in [1.29, 1.82) is 0 Å². The molecular weight excluding hydrogens is 323 g/mol. The average molecular weight is 343 g/mol. The summed E-state index contributed by atoms with van der Waals surface area (Å²) >= 11 is 12.0. The molecule has 0 unspecified atom stereocenters. The van der Waals surface area contributed by atoms with Crippen molar-refractivity contribution < 1.29 is 4.79 Å². The van der Waals surface area contributed by atoms with E-state index in [-0.39, 0.29) is 5.91 Å². The van der Waals surface area contributed by atoms with Crippen LogP contribution in [0, 0.1) is 0 Å². The summed E-state index contributed by atoms with van der Waals surface area (Å²) in [6.07, 6.45) is 3.92. The Morgan fingerprint density at radius 1 is 1.36 bits per heavy atom. The molecular formula is C15H20Cl2N4O. The molecule has 0 saturated carbocycles. The molecule has 0 bridgehead atoms. The number of hydrazine groups is 1. The molecule has 0 atom stereocenters. The first-order valence-electron chi connectivity index (χ1n) is 7.45. The smallest absolute Gasteiger partial charge is 0.281 e. The Bertz CT molecular complexity index is 562. The van der Waals surface area contributed by atoms with Gasteiger partial charge in [-0.15, -0.1) is 0 Å². The summed E-state index contributed by atoms with van der Waals surface area (Å²) < 4.78 is 0. The maximum atomic E-state index is 12.0. The van der Waals surface area contributed by atoms with E-state index in [1.165, 1.54) is 0 Å². The standard InChI is InChI=1S/C15H20Cl2N4O/c1-2-3-4-8-18-19-15(22)13-7-9-21(20-13)14-6-5-11(16)10-12(14)17/h5-6,10,18H,2-4,7-9H2,1H3,(H,19,22). The van der Waals surface area contributed by atoms with E-state index in [0.717, 1.165) is 31.5 Å². The molecule has 2 N–H and O–H groups in total. The zero-order chi connectivity index (χ0) is 15.9. The molecule has 22 heavy (non-hydrogen) atoms. The van der Waals surface area contributed by atoms with E-state index >= 15 is 0 Å². The van der Waals surface area contributed by atoms with E-state index in [0.29, 0.717) is 28.7 Å². The Morgan fingerprint density at radius 2 is 2.18 bits per heavy atom. The van der Waals surface area contributed by atoms with Crippen molar-refractivity contribution in [3.05, 3.63) is 28.2 Å². The summed E-state index contributed by atoms with van der Waals surface area (Å²) in [7, 11) is 0. The number of carbonyl (C=O) groups excluding carboxylic acids is 1. The minimum absolute atomic E-state index is 0.191. The van der Waals surface area contributed by atoms with Gasteiger partial charge in [-0.1, -0.05) is 43.0 Å². The van der Waals surface area contributed by atoms with Gasteiger partial charge < -0.3 is 0 Å². The Labute approximate surface area is 140 Å².